The highest BCUT2D eigenvalue weighted by atomic mass is 16.3. The maximum Gasteiger partial charge on any atom is 0.120 e. The van der Waals surface area contributed by atoms with Gasteiger partial charge in [-0.1, -0.05) is 13.8 Å². The van der Waals surface area contributed by atoms with Crippen molar-refractivity contribution in [2.45, 2.75) is 52.2 Å². The summed E-state index contributed by atoms with van der Waals surface area (Å²) in [4.78, 5) is 0. The molecule has 0 saturated carbocycles. The first kappa shape index (κ1) is 13.9. The van der Waals surface area contributed by atoms with Crippen LogP contribution in [0.2, 0.25) is 0 Å². The average molecular weight is 261 g/mol. The van der Waals surface area contributed by atoms with Gasteiger partial charge in [0.25, 0.3) is 0 Å². The molecule has 0 bridgehead atoms. The molecule has 2 aromatic heterocycles. The number of nitrogens with one attached hydrogen (secondary N) is 1. The van der Waals surface area contributed by atoms with Crippen LogP contribution in [-0.4, -0.2) is 9.78 Å². The fourth-order valence-corrected chi connectivity index (χ4v) is 2.23. The zero-order chi connectivity index (χ0) is 13.7. The van der Waals surface area contributed by atoms with Gasteiger partial charge in [0.1, 0.15) is 5.76 Å². The topological polar surface area (TPSA) is 43.0 Å². The Morgan fingerprint density at radius 1 is 1.32 bits per heavy atom. The third-order valence-corrected chi connectivity index (χ3v) is 3.54. The molecule has 0 amide bonds. The fraction of sp³-hybridized carbons (Fsp3) is 0.533. The molecule has 0 aliphatic rings. The second kappa shape index (κ2) is 6.57. The summed E-state index contributed by atoms with van der Waals surface area (Å²) in [5, 5.41) is 8.05. The molecule has 4 nitrogen and oxygen atoms in total. The van der Waals surface area contributed by atoms with Gasteiger partial charge >= 0.3 is 0 Å². The molecule has 4 heteroatoms. The summed E-state index contributed by atoms with van der Waals surface area (Å²) in [6, 6.07) is 6.69. The predicted octanol–water partition coefficient (Wildman–Crippen LogP) is 3.69. The summed E-state index contributed by atoms with van der Waals surface area (Å²) in [7, 11) is 0. The van der Waals surface area contributed by atoms with E-state index < -0.39 is 0 Å². The summed E-state index contributed by atoms with van der Waals surface area (Å²) in [6.07, 6.45) is 6.02. The molecule has 2 heterocycles. The van der Waals surface area contributed by atoms with E-state index >= 15 is 0 Å². The molecule has 0 radical (unpaired) electrons. The lowest BCUT2D eigenvalue weighted by molar-refractivity contribution is 0.413. The lowest BCUT2D eigenvalue weighted by Crippen LogP contribution is -2.18. The van der Waals surface area contributed by atoms with Gasteiger partial charge in [-0.25, -0.2) is 0 Å². The first-order valence-electron chi connectivity index (χ1n) is 7.05. The highest BCUT2D eigenvalue weighted by molar-refractivity contribution is 5.05. The van der Waals surface area contributed by atoms with Crippen molar-refractivity contribution < 1.29 is 4.42 Å². The summed E-state index contributed by atoms with van der Waals surface area (Å²) < 4.78 is 7.45. The Bertz CT molecular complexity index is 471. The summed E-state index contributed by atoms with van der Waals surface area (Å²) in [5.74, 6) is 0.958. The summed E-state index contributed by atoms with van der Waals surface area (Å²) >= 11 is 0. The van der Waals surface area contributed by atoms with Crippen molar-refractivity contribution in [1.29, 1.82) is 0 Å². The van der Waals surface area contributed by atoms with Crippen LogP contribution in [0.25, 0.3) is 0 Å². The molecule has 0 aliphatic heterocycles. The van der Waals surface area contributed by atoms with Crippen LogP contribution in [0.15, 0.2) is 35.1 Å². The minimum Gasteiger partial charge on any atom is -0.468 e. The molecule has 0 spiro atoms. The quantitative estimate of drug-likeness (QED) is 0.826. The zero-order valence-corrected chi connectivity index (χ0v) is 12.0. The molecular weight excluding hydrogens is 238 g/mol. The van der Waals surface area contributed by atoms with Gasteiger partial charge < -0.3 is 9.73 Å². The Balaban J connectivity index is 1.90. The van der Waals surface area contributed by atoms with Gasteiger partial charge in [0.05, 0.1) is 24.0 Å². The molecule has 104 valence electrons. The van der Waals surface area contributed by atoms with Crippen molar-refractivity contribution in [3.8, 4) is 0 Å². The van der Waals surface area contributed by atoms with Gasteiger partial charge in [-0.05, 0) is 38.0 Å². The van der Waals surface area contributed by atoms with Gasteiger partial charge in [0.15, 0.2) is 0 Å². The van der Waals surface area contributed by atoms with E-state index in [-0.39, 0.29) is 6.04 Å². The van der Waals surface area contributed by atoms with Gasteiger partial charge in [0, 0.05) is 12.7 Å². The van der Waals surface area contributed by atoms with E-state index in [1.54, 1.807) is 6.26 Å². The van der Waals surface area contributed by atoms with Crippen molar-refractivity contribution in [3.63, 3.8) is 0 Å². The van der Waals surface area contributed by atoms with Crippen molar-refractivity contribution in [3.05, 3.63) is 42.1 Å². The monoisotopic (exact) mass is 261 g/mol. The van der Waals surface area contributed by atoms with Crippen molar-refractivity contribution in [1.82, 2.24) is 15.1 Å². The third kappa shape index (κ3) is 3.47. The molecular formula is C15H23N3O. The highest BCUT2D eigenvalue weighted by Crippen LogP contribution is 2.16. The van der Waals surface area contributed by atoms with Crippen LogP contribution >= 0.6 is 0 Å². The highest BCUT2D eigenvalue weighted by Gasteiger charge is 2.10. The van der Waals surface area contributed by atoms with Crippen LogP contribution in [0.3, 0.4) is 0 Å². The molecule has 0 unspecified atom stereocenters. The number of furan rings is 1. The van der Waals surface area contributed by atoms with Crippen molar-refractivity contribution >= 4 is 0 Å². The van der Waals surface area contributed by atoms with Crippen LogP contribution in [-0.2, 0) is 6.54 Å². The number of aromatic nitrogens is 2. The fourth-order valence-electron chi connectivity index (χ4n) is 2.23. The smallest absolute Gasteiger partial charge is 0.120 e. The maximum atomic E-state index is 5.37. The molecule has 1 N–H and O–H groups in total. The molecule has 19 heavy (non-hydrogen) atoms. The van der Waals surface area contributed by atoms with E-state index in [2.05, 4.69) is 48.1 Å². The van der Waals surface area contributed by atoms with E-state index in [0.29, 0.717) is 6.04 Å². The van der Waals surface area contributed by atoms with E-state index in [0.717, 1.165) is 30.8 Å². The van der Waals surface area contributed by atoms with Crippen LogP contribution in [0.4, 0.5) is 0 Å². The molecule has 0 saturated heterocycles. The minimum atomic E-state index is 0.202. The number of nitrogens with zero attached hydrogens (tertiary/aromatic N) is 2. The minimum absolute atomic E-state index is 0.202. The zero-order valence-electron chi connectivity index (χ0n) is 12.0. The Kier molecular flexibility index (Phi) is 4.80. The molecule has 0 fully saturated rings. The van der Waals surface area contributed by atoms with Crippen LogP contribution in [0.1, 0.15) is 57.2 Å². The molecule has 0 aliphatic carbocycles. The summed E-state index contributed by atoms with van der Waals surface area (Å²) in [5.41, 5.74) is 1.07. The number of rotatable bonds is 7. The Morgan fingerprint density at radius 2 is 2.11 bits per heavy atom. The largest absolute Gasteiger partial charge is 0.468 e. The molecule has 0 aromatic carbocycles. The second-order valence-electron chi connectivity index (χ2n) is 4.88. The molecule has 2 rings (SSSR count). The normalized spacial score (nSPS) is 13.1. The SMILES string of the molecule is CCC(CC)n1ccc(CN[C@@H](C)c2ccco2)n1. The van der Waals surface area contributed by atoms with Crippen molar-refractivity contribution in [2.75, 3.05) is 0 Å². The standard InChI is InChI=1S/C15H23N3O/c1-4-14(5-2)18-9-8-13(17-18)11-16-12(3)15-7-6-10-19-15/h6-10,12,14,16H,4-5,11H2,1-3H3/t12-/m0/s1. The molecule has 2 aromatic rings. The van der Waals surface area contributed by atoms with E-state index in [1.807, 2.05) is 12.1 Å². The van der Waals surface area contributed by atoms with Crippen LogP contribution in [0.5, 0.6) is 0 Å². The van der Waals surface area contributed by atoms with Gasteiger partial charge in [-0.15, -0.1) is 0 Å². The third-order valence-electron chi connectivity index (χ3n) is 3.54. The van der Waals surface area contributed by atoms with E-state index in [1.165, 1.54) is 0 Å². The average Bonchev–Trinajstić information content (AvgIpc) is 3.09. The lowest BCUT2D eigenvalue weighted by Gasteiger charge is -2.13. The first-order chi connectivity index (χ1) is 9.24. The predicted molar refractivity (Wildman–Crippen MR) is 75.8 cm³/mol. The van der Waals surface area contributed by atoms with Crippen LogP contribution in [0, 0.1) is 0 Å². The van der Waals surface area contributed by atoms with Crippen LogP contribution < -0.4 is 5.32 Å². The first-order valence-corrected chi connectivity index (χ1v) is 7.05. The summed E-state index contributed by atoms with van der Waals surface area (Å²) in [6.45, 7) is 7.26. The Labute approximate surface area is 114 Å². The van der Waals surface area contributed by atoms with Gasteiger partial charge in [-0.3, -0.25) is 4.68 Å². The van der Waals surface area contributed by atoms with E-state index in [4.69, 9.17) is 4.42 Å². The number of hydrogen-bond donors (Lipinski definition) is 1. The lowest BCUT2D eigenvalue weighted by atomic mass is 10.2. The maximum absolute atomic E-state index is 5.37. The second-order valence-corrected chi connectivity index (χ2v) is 4.88. The van der Waals surface area contributed by atoms with Gasteiger partial charge in [-0.2, -0.15) is 5.10 Å². The van der Waals surface area contributed by atoms with Crippen molar-refractivity contribution in [2.24, 2.45) is 0 Å². The number of hydrogen-bond acceptors (Lipinski definition) is 3. The Hall–Kier alpha value is -1.55. The Morgan fingerprint density at radius 3 is 2.74 bits per heavy atom. The van der Waals surface area contributed by atoms with E-state index in [9.17, 15) is 0 Å². The molecule has 1 atom stereocenters. The van der Waals surface area contributed by atoms with Gasteiger partial charge in [0.2, 0.25) is 0 Å².